The summed E-state index contributed by atoms with van der Waals surface area (Å²) in [6.45, 7) is 0. The van der Waals surface area contributed by atoms with Crippen molar-refractivity contribution in [2.45, 2.75) is 18.9 Å². The highest BCUT2D eigenvalue weighted by molar-refractivity contribution is 5.37. The van der Waals surface area contributed by atoms with Gasteiger partial charge >= 0.3 is 0 Å². The molecule has 0 radical (unpaired) electrons. The Kier molecular flexibility index (Phi) is 4.16. The molecular formula is C14H18FN3O. The predicted molar refractivity (Wildman–Crippen MR) is 71.4 cm³/mol. The fraction of sp³-hybridized carbons (Fsp3) is 0.357. The number of aromatic nitrogens is 2. The molecule has 5 heteroatoms. The van der Waals surface area contributed by atoms with Crippen molar-refractivity contribution in [2.24, 2.45) is 12.8 Å². The summed E-state index contributed by atoms with van der Waals surface area (Å²) in [5.74, 6) is 0.175. The lowest BCUT2D eigenvalue weighted by Gasteiger charge is -2.16. The van der Waals surface area contributed by atoms with Crippen LogP contribution in [0.2, 0.25) is 0 Å². The first-order chi connectivity index (χ1) is 9.13. The number of rotatable bonds is 5. The monoisotopic (exact) mass is 263 g/mol. The van der Waals surface area contributed by atoms with Crippen molar-refractivity contribution in [3.63, 3.8) is 0 Å². The van der Waals surface area contributed by atoms with Gasteiger partial charge in [-0.25, -0.2) is 4.39 Å². The van der Waals surface area contributed by atoms with Gasteiger partial charge in [0.05, 0.1) is 7.11 Å². The molecule has 0 spiro atoms. The second-order valence-corrected chi connectivity index (χ2v) is 4.45. The maximum atomic E-state index is 13.9. The van der Waals surface area contributed by atoms with Gasteiger partial charge in [-0.15, -0.1) is 0 Å². The van der Waals surface area contributed by atoms with E-state index in [1.165, 1.54) is 13.2 Å². The third-order valence-electron chi connectivity index (χ3n) is 3.24. The Hall–Kier alpha value is -1.88. The first kappa shape index (κ1) is 13.5. The van der Waals surface area contributed by atoms with Crippen LogP contribution >= 0.6 is 0 Å². The zero-order valence-electron chi connectivity index (χ0n) is 11.1. The van der Waals surface area contributed by atoms with Crippen LogP contribution in [0.25, 0.3) is 0 Å². The molecule has 1 heterocycles. The van der Waals surface area contributed by atoms with E-state index in [-0.39, 0.29) is 5.82 Å². The lowest BCUT2D eigenvalue weighted by Crippen LogP contribution is -2.15. The van der Waals surface area contributed by atoms with Crippen LogP contribution in [0, 0.1) is 5.82 Å². The maximum absolute atomic E-state index is 13.9. The number of ether oxygens (including phenoxy) is 1. The highest BCUT2D eigenvalue weighted by atomic mass is 19.1. The topological polar surface area (TPSA) is 53.1 Å². The molecule has 0 bridgehead atoms. The number of aryl methyl sites for hydroxylation is 2. The molecule has 0 aliphatic carbocycles. The van der Waals surface area contributed by atoms with Gasteiger partial charge in [-0.1, -0.05) is 6.07 Å². The van der Waals surface area contributed by atoms with Gasteiger partial charge in [0.25, 0.3) is 0 Å². The fourth-order valence-corrected chi connectivity index (χ4v) is 2.15. The van der Waals surface area contributed by atoms with Gasteiger partial charge in [-0.05, 0) is 31.0 Å². The number of nitrogens with two attached hydrogens (primary N) is 1. The maximum Gasteiger partial charge on any atom is 0.131 e. The second-order valence-electron chi connectivity index (χ2n) is 4.45. The largest absolute Gasteiger partial charge is 0.496 e. The molecule has 0 saturated carbocycles. The van der Waals surface area contributed by atoms with E-state index in [0.29, 0.717) is 17.7 Å². The van der Waals surface area contributed by atoms with Crippen LogP contribution in [-0.2, 0) is 13.5 Å². The lowest BCUT2D eigenvalue weighted by atomic mass is 10.0. The molecule has 102 valence electrons. The molecule has 1 unspecified atom stereocenters. The van der Waals surface area contributed by atoms with Crippen molar-refractivity contribution in [2.75, 3.05) is 7.11 Å². The fourth-order valence-electron chi connectivity index (χ4n) is 2.15. The van der Waals surface area contributed by atoms with Crippen molar-refractivity contribution < 1.29 is 9.13 Å². The summed E-state index contributed by atoms with van der Waals surface area (Å²) in [4.78, 5) is 0. The van der Waals surface area contributed by atoms with Gasteiger partial charge in [0.1, 0.15) is 11.6 Å². The van der Waals surface area contributed by atoms with E-state index in [9.17, 15) is 4.39 Å². The number of benzene rings is 1. The Morgan fingerprint density at radius 1 is 1.42 bits per heavy atom. The highest BCUT2D eigenvalue weighted by Gasteiger charge is 2.17. The Morgan fingerprint density at radius 2 is 2.21 bits per heavy atom. The summed E-state index contributed by atoms with van der Waals surface area (Å²) in [5, 5.41) is 4.10. The first-order valence-electron chi connectivity index (χ1n) is 6.18. The first-order valence-corrected chi connectivity index (χ1v) is 6.18. The third-order valence-corrected chi connectivity index (χ3v) is 3.24. The smallest absolute Gasteiger partial charge is 0.131 e. The zero-order chi connectivity index (χ0) is 13.8. The summed E-state index contributed by atoms with van der Waals surface area (Å²) in [7, 11) is 3.40. The van der Waals surface area contributed by atoms with Crippen LogP contribution in [0.1, 0.15) is 23.7 Å². The van der Waals surface area contributed by atoms with Crippen LogP contribution in [0.4, 0.5) is 4.39 Å². The molecule has 1 aromatic heterocycles. The van der Waals surface area contributed by atoms with Crippen molar-refractivity contribution in [3.8, 4) is 5.75 Å². The minimum Gasteiger partial charge on any atom is -0.496 e. The van der Waals surface area contributed by atoms with Crippen molar-refractivity contribution in [3.05, 3.63) is 47.5 Å². The summed E-state index contributed by atoms with van der Waals surface area (Å²) < 4.78 is 20.8. The van der Waals surface area contributed by atoms with Gasteiger partial charge < -0.3 is 10.5 Å². The molecule has 0 saturated heterocycles. The lowest BCUT2D eigenvalue weighted by molar-refractivity contribution is 0.397. The molecule has 0 aliphatic heterocycles. The number of halogens is 1. The normalized spacial score (nSPS) is 12.4. The second kappa shape index (κ2) is 5.84. The molecule has 19 heavy (non-hydrogen) atoms. The van der Waals surface area contributed by atoms with Gasteiger partial charge in [0.2, 0.25) is 0 Å². The van der Waals surface area contributed by atoms with E-state index in [1.54, 1.807) is 23.0 Å². The SMILES string of the molecule is COc1cccc(F)c1C(N)CCc1ccnn1C. The van der Waals surface area contributed by atoms with E-state index < -0.39 is 6.04 Å². The quantitative estimate of drug-likeness (QED) is 0.899. The minimum absolute atomic E-state index is 0.322. The molecule has 2 N–H and O–H groups in total. The molecule has 1 aromatic carbocycles. The average molecular weight is 263 g/mol. The molecule has 2 rings (SSSR count). The molecule has 0 amide bonds. The standard InChI is InChI=1S/C14H18FN3O/c1-18-10(8-9-17-18)6-7-12(16)14-11(15)4-3-5-13(14)19-2/h3-5,8-9,12H,6-7,16H2,1-2H3. The molecule has 0 aliphatic rings. The van der Waals surface area contributed by atoms with E-state index >= 15 is 0 Å². The number of hydrogen-bond donors (Lipinski definition) is 1. The van der Waals surface area contributed by atoms with Gasteiger partial charge in [0.15, 0.2) is 0 Å². The number of nitrogens with zero attached hydrogens (tertiary/aromatic N) is 2. The Morgan fingerprint density at radius 3 is 2.84 bits per heavy atom. The van der Waals surface area contributed by atoms with E-state index in [2.05, 4.69) is 5.10 Å². The van der Waals surface area contributed by atoms with Crippen LogP contribution in [0.3, 0.4) is 0 Å². The molecule has 2 aromatic rings. The molecule has 4 nitrogen and oxygen atoms in total. The third kappa shape index (κ3) is 2.93. The van der Waals surface area contributed by atoms with Crippen molar-refractivity contribution in [1.82, 2.24) is 9.78 Å². The van der Waals surface area contributed by atoms with E-state index in [0.717, 1.165) is 12.1 Å². The summed E-state index contributed by atoms with van der Waals surface area (Å²) in [6, 6.07) is 6.28. The average Bonchev–Trinajstić information content (AvgIpc) is 2.81. The molecule has 0 fully saturated rings. The number of methoxy groups -OCH3 is 1. The van der Waals surface area contributed by atoms with Crippen LogP contribution < -0.4 is 10.5 Å². The van der Waals surface area contributed by atoms with Crippen LogP contribution in [0.15, 0.2) is 30.5 Å². The van der Waals surface area contributed by atoms with Gasteiger partial charge in [-0.2, -0.15) is 5.10 Å². The van der Waals surface area contributed by atoms with E-state index in [4.69, 9.17) is 10.5 Å². The Labute approximate surface area is 112 Å². The molecular weight excluding hydrogens is 245 g/mol. The summed E-state index contributed by atoms with van der Waals surface area (Å²) >= 11 is 0. The van der Waals surface area contributed by atoms with Gasteiger partial charge in [0, 0.05) is 30.5 Å². The van der Waals surface area contributed by atoms with Gasteiger partial charge in [-0.3, -0.25) is 4.68 Å². The Balaban J connectivity index is 2.12. The minimum atomic E-state index is -0.397. The Bertz CT molecular complexity index is 553. The van der Waals surface area contributed by atoms with Crippen LogP contribution in [0.5, 0.6) is 5.75 Å². The predicted octanol–water partition coefficient (Wildman–Crippen LogP) is 2.20. The van der Waals surface area contributed by atoms with Crippen molar-refractivity contribution >= 4 is 0 Å². The van der Waals surface area contributed by atoms with Crippen molar-refractivity contribution in [1.29, 1.82) is 0 Å². The summed E-state index contributed by atoms with van der Waals surface area (Å²) in [5.41, 5.74) is 7.60. The zero-order valence-corrected chi connectivity index (χ0v) is 11.1. The van der Waals surface area contributed by atoms with Crippen LogP contribution in [-0.4, -0.2) is 16.9 Å². The summed E-state index contributed by atoms with van der Waals surface area (Å²) in [6.07, 6.45) is 3.12. The van der Waals surface area contributed by atoms with E-state index in [1.807, 2.05) is 13.1 Å². The number of hydrogen-bond acceptors (Lipinski definition) is 3. The highest BCUT2D eigenvalue weighted by Crippen LogP contribution is 2.28. The molecule has 1 atom stereocenters.